The van der Waals surface area contributed by atoms with Crippen LogP contribution in [-0.4, -0.2) is 42.9 Å². The standard InChI is InChI=1S/C15H15F3N2O4/c1-22-6-7-23-9-12(21)8-10-2-4-11(5-3-10)13-19-14(24-20-13)15(16,17)18/h2-5H,6-9H2,1H3. The van der Waals surface area contributed by atoms with Gasteiger partial charge in [-0.1, -0.05) is 29.4 Å². The van der Waals surface area contributed by atoms with Gasteiger partial charge in [0.2, 0.25) is 5.82 Å². The summed E-state index contributed by atoms with van der Waals surface area (Å²) < 4.78 is 51.4. The fraction of sp³-hybridized carbons (Fsp3) is 0.400. The zero-order chi connectivity index (χ0) is 17.6. The molecule has 0 spiro atoms. The molecule has 0 radical (unpaired) electrons. The zero-order valence-corrected chi connectivity index (χ0v) is 12.8. The Hall–Kier alpha value is -2.26. The van der Waals surface area contributed by atoms with Crippen molar-refractivity contribution in [2.45, 2.75) is 12.6 Å². The van der Waals surface area contributed by atoms with Crippen LogP contribution in [-0.2, 0) is 26.9 Å². The van der Waals surface area contributed by atoms with E-state index in [1.54, 1.807) is 12.1 Å². The number of halogens is 3. The SMILES string of the molecule is COCCOCC(=O)Cc1ccc(-c2noc(C(F)(F)F)n2)cc1. The molecule has 0 atom stereocenters. The Kier molecular flexibility index (Phi) is 6.04. The second-order valence-electron chi connectivity index (χ2n) is 4.88. The Labute approximate surface area is 135 Å². The minimum atomic E-state index is -4.68. The fourth-order valence-electron chi connectivity index (χ4n) is 1.83. The van der Waals surface area contributed by atoms with Gasteiger partial charge in [-0.15, -0.1) is 0 Å². The van der Waals surface area contributed by atoms with Crippen LogP contribution in [0.25, 0.3) is 11.4 Å². The van der Waals surface area contributed by atoms with E-state index >= 15 is 0 Å². The number of carbonyl (C=O) groups excluding carboxylic acids is 1. The molecule has 130 valence electrons. The summed E-state index contributed by atoms with van der Waals surface area (Å²) in [4.78, 5) is 15.0. The molecule has 0 fully saturated rings. The summed E-state index contributed by atoms with van der Waals surface area (Å²) in [6, 6.07) is 6.29. The molecule has 6 nitrogen and oxygen atoms in total. The quantitative estimate of drug-likeness (QED) is 0.685. The Morgan fingerprint density at radius 1 is 1.21 bits per heavy atom. The van der Waals surface area contributed by atoms with E-state index in [-0.39, 0.29) is 24.6 Å². The Balaban J connectivity index is 1.93. The number of hydrogen-bond donors (Lipinski definition) is 0. The normalized spacial score (nSPS) is 11.7. The molecule has 24 heavy (non-hydrogen) atoms. The lowest BCUT2D eigenvalue weighted by Crippen LogP contribution is -2.13. The number of ether oxygens (including phenoxy) is 2. The fourth-order valence-corrected chi connectivity index (χ4v) is 1.83. The first-order valence-electron chi connectivity index (χ1n) is 6.98. The summed E-state index contributed by atoms with van der Waals surface area (Å²) >= 11 is 0. The van der Waals surface area contributed by atoms with Crippen LogP contribution < -0.4 is 0 Å². The number of carbonyl (C=O) groups is 1. The van der Waals surface area contributed by atoms with Crippen LogP contribution in [0.3, 0.4) is 0 Å². The maximum Gasteiger partial charge on any atom is 0.471 e. The first kappa shape index (κ1) is 18.1. The smallest absolute Gasteiger partial charge is 0.382 e. The summed E-state index contributed by atoms with van der Waals surface area (Å²) in [6.45, 7) is 0.720. The van der Waals surface area contributed by atoms with Crippen LogP contribution in [0.5, 0.6) is 0 Å². The molecule has 2 rings (SSSR count). The van der Waals surface area contributed by atoms with E-state index in [0.717, 1.165) is 0 Å². The molecule has 0 unspecified atom stereocenters. The van der Waals surface area contributed by atoms with Gasteiger partial charge < -0.3 is 14.0 Å². The summed E-state index contributed by atoms with van der Waals surface area (Å²) in [5.41, 5.74) is 1.07. The first-order chi connectivity index (χ1) is 11.4. The minimum absolute atomic E-state index is 0.0229. The largest absolute Gasteiger partial charge is 0.471 e. The highest BCUT2D eigenvalue weighted by atomic mass is 19.4. The van der Waals surface area contributed by atoms with Gasteiger partial charge in [0.1, 0.15) is 6.61 Å². The molecular formula is C15H15F3N2O4. The maximum absolute atomic E-state index is 12.4. The van der Waals surface area contributed by atoms with Gasteiger partial charge in [0.25, 0.3) is 0 Å². The van der Waals surface area contributed by atoms with E-state index < -0.39 is 12.1 Å². The van der Waals surface area contributed by atoms with E-state index in [1.807, 2.05) is 0 Å². The zero-order valence-electron chi connectivity index (χ0n) is 12.8. The number of methoxy groups -OCH3 is 1. The molecule has 0 amide bonds. The van der Waals surface area contributed by atoms with Gasteiger partial charge in [-0.2, -0.15) is 18.2 Å². The second kappa shape index (κ2) is 8.02. The number of alkyl halides is 3. The molecular weight excluding hydrogens is 329 g/mol. The highest BCUT2D eigenvalue weighted by Crippen LogP contribution is 2.29. The number of ketones is 1. The molecule has 0 aliphatic carbocycles. The van der Waals surface area contributed by atoms with E-state index in [0.29, 0.717) is 24.3 Å². The molecule has 9 heteroatoms. The molecule has 0 saturated carbocycles. The van der Waals surface area contributed by atoms with E-state index in [2.05, 4.69) is 14.7 Å². The predicted octanol–water partition coefficient (Wildman–Crippen LogP) is 2.53. The third-order valence-electron chi connectivity index (χ3n) is 2.98. The summed E-state index contributed by atoms with van der Waals surface area (Å²) in [5.74, 6) is -1.68. The highest BCUT2D eigenvalue weighted by molar-refractivity contribution is 5.82. The maximum atomic E-state index is 12.4. The number of nitrogens with zero attached hydrogens (tertiary/aromatic N) is 2. The number of hydrogen-bond acceptors (Lipinski definition) is 6. The number of Topliss-reactive ketones (excluding diaryl/α,β-unsaturated/α-hetero) is 1. The third-order valence-corrected chi connectivity index (χ3v) is 2.98. The average molecular weight is 344 g/mol. The first-order valence-corrected chi connectivity index (χ1v) is 6.98. The Bertz CT molecular complexity index is 668. The van der Waals surface area contributed by atoms with E-state index in [1.165, 1.54) is 19.2 Å². The Morgan fingerprint density at radius 2 is 1.92 bits per heavy atom. The van der Waals surface area contributed by atoms with Crippen molar-refractivity contribution in [1.29, 1.82) is 0 Å². The van der Waals surface area contributed by atoms with Crippen molar-refractivity contribution in [3.63, 3.8) is 0 Å². The highest BCUT2D eigenvalue weighted by Gasteiger charge is 2.38. The molecule has 1 heterocycles. The van der Waals surface area contributed by atoms with Gasteiger partial charge >= 0.3 is 12.1 Å². The molecule has 0 saturated heterocycles. The van der Waals surface area contributed by atoms with Gasteiger partial charge in [0.15, 0.2) is 5.78 Å². The minimum Gasteiger partial charge on any atom is -0.382 e. The number of benzene rings is 1. The van der Waals surface area contributed by atoms with Gasteiger partial charge in [-0.3, -0.25) is 4.79 Å². The Morgan fingerprint density at radius 3 is 2.50 bits per heavy atom. The van der Waals surface area contributed by atoms with Gasteiger partial charge in [0, 0.05) is 19.1 Å². The molecule has 0 aliphatic rings. The van der Waals surface area contributed by atoms with Crippen molar-refractivity contribution in [3.8, 4) is 11.4 Å². The third kappa shape index (κ3) is 5.14. The van der Waals surface area contributed by atoms with E-state index in [9.17, 15) is 18.0 Å². The molecule has 1 aromatic heterocycles. The monoisotopic (exact) mass is 344 g/mol. The lowest BCUT2D eigenvalue weighted by molar-refractivity contribution is -0.159. The molecule has 0 aliphatic heterocycles. The molecule has 2 aromatic rings. The molecule has 0 N–H and O–H groups in total. The van der Waals surface area contributed by atoms with Crippen molar-refractivity contribution >= 4 is 5.78 Å². The van der Waals surface area contributed by atoms with Crippen LogP contribution in [0, 0.1) is 0 Å². The molecule has 1 aromatic carbocycles. The van der Waals surface area contributed by atoms with Crippen molar-refractivity contribution in [1.82, 2.24) is 10.1 Å². The van der Waals surface area contributed by atoms with Crippen molar-refractivity contribution in [2.75, 3.05) is 26.9 Å². The van der Waals surface area contributed by atoms with E-state index in [4.69, 9.17) is 9.47 Å². The summed E-state index contributed by atoms with van der Waals surface area (Å²) in [6.07, 6.45) is -4.52. The average Bonchev–Trinajstić information content (AvgIpc) is 3.02. The van der Waals surface area contributed by atoms with Crippen LogP contribution in [0.1, 0.15) is 11.5 Å². The number of aromatic nitrogens is 2. The van der Waals surface area contributed by atoms with Gasteiger partial charge in [-0.05, 0) is 5.56 Å². The lowest BCUT2D eigenvalue weighted by atomic mass is 10.1. The predicted molar refractivity (Wildman–Crippen MR) is 76.1 cm³/mol. The lowest BCUT2D eigenvalue weighted by Gasteiger charge is -2.04. The van der Waals surface area contributed by atoms with Crippen molar-refractivity contribution in [3.05, 3.63) is 35.7 Å². The summed E-state index contributed by atoms with van der Waals surface area (Å²) in [7, 11) is 1.54. The molecule has 0 bridgehead atoms. The summed E-state index contributed by atoms with van der Waals surface area (Å²) in [5, 5.41) is 3.30. The second-order valence-corrected chi connectivity index (χ2v) is 4.88. The van der Waals surface area contributed by atoms with Crippen molar-refractivity contribution in [2.24, 2.45) is 0 Å². The topological polar surface area (TPSA) is 74.5 Å². The van der Waals surface area contributed by atoms with Crippen LogP contribution in [0.15, 0.2) is 28.8 Å². The van der Waals surface area contributed by atoms with Crippen LogP contribution in [0.2, 0.25) is 0 Å². The van der Waals surface area contributed by atoms with Gasteiger partial charge in [-0.25, -0.2) is 0 Å². The van der Waals surface area contributed by atoms with Crippen molar-refractivity contribution < 1.29 is 32.0 Å². The van der Waals surface area contributed by atoms with Gasteiger partial charge in [0.05, 0.1) is 13.2 Å². The van der Waals surface area contributed by atoms with Crippen LogP contribution in [0.4, 0.5) is 13.2 Å². The van der Waals surface area contributed by atoms with Crippen LogP contribution >= 0.6 is 0 Å². The number of rotatable bonds is 8.